The third-order valence-electron chi connectivity index (χ3n) is 4.41. The van der Waals surface area contributed by atoms with E-state index in [0.717, 1.165) is 19.3 Å². The average Bonchev–Trinajstić information content (AvgIpc) is 2.88. The predicted molar refractivity (Wildman–Crippen MR) is 68.7 cm³/mol. The van der Waals surface area contributed by atoms with E-state index in [0.29, 0.717) is 24.8 Å². The maximum atomic E-state index is 11.4. The van der Waals surface area contributed by atoms with Gasteiger partial charge in [-0.1, -0.05) is 0 Å². The Bertz CT molecular complexity index is 361. The van der Waals surface area contributed by atoms with Crippen LogP contribution in [0.3, 0.4) is 0 Å². The highest BCUT2D eigenvalue weighted by Crippen LogP contribution is 2.51. The standard InChI is InChI=1S/C13H22N2O4/c16-11(17)3-5-14-12(18)15-6-4-13(19)8-9-1-2-10(13)7-9/h9-10,19H,1-8H2,(H,16,17)(H2,14,15,18). The van der Waals surface area contributed by atoms with Crippen LogP contribution < -0.4 is 10.6 Å². The summed E-state index contributed by atoms with van der Waals surface area (Å²) < 4.78 is 0. The van der Waals surface area contributed by atoms with Gasteiger partial charge < -0.3 is 20.8 Å². The van der Waals surface area contributed by atoms with Crippen molar-refractivity contribution >= 4 is 12.0 Å². The largest absolute Gasteiger partial charge is 0.481 e. The molecule has 0 aromatic heterocycles. The van der Waals surface area contributed by atoms with Crippen LogP contribution in [0, 0.1) is 11.8 Å². The zero-order chi connectivity index (χ0) is 13.9. The molecule has 2 saturated carbocycles. The molecule has 0 aromatic carbocycles. The zero-order valence-electron chi connectivity index (χ0n) is 11.0. The van der Waals surface area contributed by atoms with Crippen LogP contribution >= 0.6 is 0 Å². The van der Waals surface area contributed by atoms with Gasteiger partial charge >= 0.3 is 12.0 Å². The Hall–Kier alpha value is -1.30. The SMILES string of the molecule is O=C(O)CCNC(=O)NCCC1(O)CC2CCC1C2. The highest BCUT2D eigenvalue weighted by atomic mass is 16.4. The van der Waals surface area contributed by atoms with Crippen molar-refractivity contribution in [2.45, 2.75) is 44.1 Å². The molecule has 2 aliphatic rings. The first-order valence-electron chi connectivity index (χ1n) is 6.95. The quantitative estimate of drug-likeness (QED) is 0.571. The fourth-order valence-corrected chi connectivity index (χ4v) is 3.46. The minimum Gasteiger partial charge on any atom is -0.481 e. The molecule has 0 radical (unpaired) electrons. The van der Waals surface area contributed by atoms with E-state index in [9.17, 15) is 14.7 Å². The molecule has 2 fully saturated rings. The molecule has 2 rings (SSSR count). The molecule has 3 atom stereocenters. The highest BCUT2D eigenvalue weighted by Gasteiger charge is 2.49. The Balaban J connectivity index is 1.61. The highest BCUT2D eigenvalue weighted by molar-refractivity contribution is 5.74. The first-order valence-corrected chi connectivity index (χ1v) is 6.95. The van der Waals surface area contributed by atoms with Crippen molar-refractivity contribution in [3.05, 3.63) is 0 Å². The lowest BCUT2D eigenvalue weighted by atomic mass is 9.82. The second kappa shape index (κ2) is 5.77. The Labute approximate surface area is 112 Å². The van der Waals surface area contributed by atoms with Crippen molar-refractivity contribution in [2.75, 3.05) is 13.1 Å². The Morgan fingerprint density at radius 1 is 1.21 bits per heavy atom. The van der Waals surface area contributed by atoms with Gasteiger partial charge in [0.15, 0.2) is 0 Å². The Morgan fingerprint density at radius 2 is 1.95 bits per heavy atom. The summed E-state index contributed by atoms with van der Waals surface area (Å²) in [6.45, 7) is 0.550. The number of hydrogen-bond acceptors (Lipinski definition) is 3. The van der Waals surface area contributed by atoms with Gasteiger partial charge in [0.05, 0.1) is 12.0 Å². The molecule has 19 heavy (non-hydrogen) atoms. The number of nitrogens with one attached hydrogen (secondary N) is 2. The van der Waals surface area contributed by atoms with E-state index in [4.69, 9.17) is 5.11 Å². The van der Waals surface area contributed by atoms with Crippen molar-refractivity contribution in [2.24, 2.45) is 11.8 Å². The van der Waals surface area contributed by atoms with Crippen LogP contribution in [0.1, 0.15) is 38.5 Å². The Morgan fingerprint density at radius 3 is 2.53 bits per heavy atom. The number of carboxylic acid groups (broad SMARTS) is 1. The number of amides is 2. The molecular formula is C13H22N2O4. The first-order chi connectivity index (χ1) is 8.99. The lowest BCUT2D eigenvalue weighted by Crippen LogP contribution is -2.42. The van der Waals surface area contributed by atoms with E-state index in [1.807, 2.05) is 0 Å². The van der Waals surface area contributed by atoms with Crippen LogP contribution in [-0.4, -0.2) is 40.9 Å². The third-order valence-corrected chi connectivity index (χ3v) is 4.41. The number of urea groups is 1. The van der Waals surface area contributed by atoms with Gasteiger partial charge in [0.25, 0.3) is 0 Å². The maximum Gasteiger partial charge on any atom is 0.314 e. The van der Waals surface area contributed by atoms with Gasteiger partial charge in [0.2, 0.25) is 0 Å². The molecule has 2 amide bonds. The van der Waals surface area contributed by atoms with Crippen LogP contribution in [-0.2, 0) is 4.79 Å². The van der Waals surface area contributed by atoms with E-state index >= 15 is 0 Å². The summed E-state index contributed by atoms with van der Waals surface area (Å²) in [6, 6.07) is -0.368. The number of aliphatic carboxylic acids is 1. The molecule has 0 heterocycles. The van der Waals surface area contributed by atoms with Crippen molar-refractivity contribution in [3.63, 3.8) is 0 Å². The van der Waals surface area contributed by atoms with Crippen molar-refractivity contribution < 1.29 is 19.8 Å². The molecule has 3 unspecified atom stereocenters. The predicted octanol–water partition coefficient (Wildman–Crippen LogP) is 0.701. The monoisotopic (exact) mass is 270 g/mol. The molecule has 6 heteroatoms. The van der Waals surface area contributed by atoms with Gasteiger partial charge in [-0.25, -0.2) is 4.79 Å². The normalized spacial score (nSPS) is 32.3. The fourth-order valence-electron chi connectivity index (χ4n) is 3.46. The number of carboxylic acids is 1. The number of carbonyl (C=O) groups excluding carboxylic acids is 1. The van der Waals surface area contributed by atoms with Gasteiger partial charge in [0.1, 0.15) is 0 Å². The van der Waals surface area contributed by atoms with Crippen LogP contribution in [0.4, 0.5) is 4.79 Å². The van der Waals surface area contributed by atoms with E-state index < -0.39 is 11.6 Å². The summed E-state index contributed by atoms with van der Waals surface area (Å²) in [7, 11) is 0. The lowest BCUT2D eigenvalue weighted by Gasteiger charge is -2.32. The van der Waals surface area contributed by atoms with E-state index in [-0.39, 0.29) is 19.0 Å². The fraction of sp³-hybridized carbons (Fsp3) is 0.846. The van der Waals surface area contributed by atoms with E-state index in [1.54, 1.807) is 0 Å². The summed E-state index contributed by atoms with van der Waals surface area (Å²) in [6.07, 6.45) is 4.82. The smallest absolute Gasteiger partial charge is 0.314 e. The molecule has 0 aromatic rings. The van der Waals surface area contributed by atoms with Crippen molar-refractivity contribution in [1.29, 1.82) is 0 Å². The van der Waals surface area contributed by atoms with Crippen LogP contribution in [0.5, 0.6) is 0 Å². The number of hydrogen-bond donors (Lipinski definition) is 4. The summed E-state index contributed by atoms with van der Waals surface area (Å²) >= 11 is 0. The van der Waals surface area contributed by atoms with E-state index in [2.05, 4.69) is 10.6 Å². The molecule has 0 aliphatic heterocycles. The molecule has 0 saturated heterocycles. The molecule has 6 nitrogen and oxygen atoms in total. The average molecular weight is 270 g/mol. The zero-order valence-corrected chi connectivity index (χ0v) is 11.0. The summed E-state index contributed by atoms with van der Waals surface area (Å²) in [5.41, 5.74) is -0.600. The second-order valence-electron chi connectivity index (χ2n) is 5.76. The lowest BCUT2D eigenvalue weighted by molar-refractivity contribution is -0.136. The number of aliphatic hydroxyl groups is 1. The number of fused-ring (bicyclic) bond motifs is 2. The summed E-state index contributed by atoms with van der Waals surface area (Å²) in [5, 5.41) is 24.1. The molecule has 108 valence electrons. The van der Waals surface area contributed by atoms with Gasteiger partial charge in [-0.05, 0) is 43.9 Å². The molecule has 0 spiro atoms. The first kappa shape index (κ1) is 14.1. The van der Waals surface area contributed by atoms with Crippen LogP contribution in [0.25, 0.3) is 0 Å². The molecule has 2 bridgehead atoms. The Kier molecular flexibility index (Phi) is 4.29. The maximum absolute atomic E-state index is 11.4. The number of rotatable bonds is 6. The van der Waals surface area contributed by atoms with Gasteiger partial charge in [-0.15, -0.1) is 0 Å². The minimum absolute atomic E-state index is 0.0822. The minimum atomic E-state index is -0.934. The van der Waals surface area contributed by atoms with Gasteiger partial charge in [-0.3, -0.25) is 4.79 Å². The van der Waals surface area contributed by atoms with Crippen molar-refractivity contribution in [1.82, 2.24) is 10.6 Å². The van der Waals surface area contributed by atoms with Crippen LogP contribution in [0.2, 0.25) is 0 Å². The topological polar surface area (TPSA) is 98.7 Å². The molecular weight excluding hydrogens is 248 g/mol. The number of carbonyl (C=O) groups is 2. The molecule has 2 aliphatic carbocycles. The molecule has 4 N–H and O–H groups in total. The summed E-state index contributed by atoms with van der Waals surface area (Å²) in [4.78, 5) is 21.6. The van der Waals surface area contributed by atoms with Crippen molar-refractivity contribution in [3.8, 4) is 0 Å². The van der Waals surface area contributed by atoms with Gasteiger partial charge in [-0.2, -0.15) is 0 Å². The van der Waals surface area contributed by atoms with E-state index in [1.165, 1.54) is 6.42 Å². The summed E-state index contributed by atoms with van der Waals surface area (Å²) in [5.74, 6) is 0.130. The van der Waals surface area contributed by atoms with Gasteiger partial charge in [0, 0.05) is 13.1 Å². The third kappa shape index (κ3) is 3.59. The van der Waals surface area contributed by atoms with Crippen LogP contribution in [0.15, 0.2) is 0 Å². The second-order valence-corrected chi connectivity index (χ2v) is 5.76.